The molecule has 2 heterocycles. The van der Waals surface area contributed by atoms with E-state index in [9.17, 15) is 0 Å². The van der Waals surface area contributed by atoms with Crippen LogP contribution in [0.2, 0.25) is 0 Å². The zero-order valence-corrected chi connectivity index (χ0v) is 35.8. The Bertz CT molecular complexity index is 3930. The third kappa shape index (κ3) is 6.15. The molecule has 4 nitrogen and oxygen atoms in total. The van der Waals surface area contributed by atoms with E-state index in [1.54, 1.807) is 0 Å². The van der Waals surface area contributed by atoms with Gasteiger partial charge in [0.05, 0.1) is 17.1 Å². The van der Waals surface area contributed by atoms with Crippen molar-refractivity contribution in [2.45, 2.75) is 0 Å². The molecule has 0 amide bonds. The fourth-order valence-corrected chi connectivity index (χ4v) is 10.0. The molecular weight excluding hydrogens is 805 g/mol. The second kappa shape index (κ2) is 15.4. The van der Waals surface area contributed by atoms with Crippen LogP contribution in [0.5, 0.6) is 0 Å². The summed E-state index contributed by atoms with van der Waals surface area (Å²) in [6, 6.07) is 86.1. The van der Waals surface area contributed by atoms with Crippen molar-refractivity contribution in [3.63, 3.8) is 0 Å². The highest BCUT2D eigenvalue weighted by molar-refractivity contribution is 6.30. The molecule has 13 aromatic rings. The van der Waals surface area contributed by atoms with Gasteiger partial charge in [-0.05, 0) is 106 Å². The van der Waals surface area contributed by atoms with Gasteiger partial charge in [-0.1, -0.05) is 164 Å². The van der Waals surface area contributed by atoms with E-state index in [1.807, 2.05) is 12.1 Å². The first-order chi connectivity index (χ1) is 32.7. The first-order valence-corrected chi connectivity index (χ1v) is 22.4. The molecule has 310 valence electrons. The number of para-hydroxylation sites is 4. The van der Waals surface area contributed by atoms with Crippen LogP contribution >= 0.6 is 0 Å². The van der Waals surface area contributed by atoms with E-state index in [0.29, 0.717) is 0 Å². The molecule has 0 radical (unpaired) electrons. The molecule has 0 N–H and O–H groups in total. The van der Waals surface area contributed by atoms with E-state index in [2.05, 4.69) is 240 Å². The Kier molecular flexibility index (Phi) is 8.81. The van der Waals surface area contributed by atoms with Crippen LogP contribution in [0.4, 0.5) is 34.1 Å². The average molecular weight is 845 g/mol. The van der Waals surface area contributed by atoms with Crippen LogP contribution in [0.15, 0.2) is 251 Å². The van der Waals surface area contributed by atoms with Gasteiger partial charge in [-0.15, -0.1) is 0 Å². The number of furan rings is 2. The Morgan fingerprint density at radius 1 is 0.258 bits per heavy atom. The molecule has 4 heteroatoms. The van der Waals surface area contributed by atoms with Gasteiger partial charge in [0.1, 0.15) is 16.7 Å². The molecule has 0 atom stereocenters. The summed E-state index contributed by atoms with van der Waals surface area (Å²) in [5, 5.41) is 8.87. The minimum Gasteiger partial charge on any atom is -0.455 e. The highest BCUT2D eigenvalue weighted by Gasteiger charge is 2.24. The number of hydrogen-bond acceptors (Lipinski definition) is 4. The van der Waals surface area contributed by atoms with Crippen LogP contribution in [-0.2, 0) is 0 Å². The van der Waals surface area contributed by atoms with Gasteiger partial charge in [-0.2, -0.15) is 0 Å². The van der Waals surface area contributed by atoms with E-state index in [-0.39, 0.29) is 0 Å². The average Bonchev–Trinajstić information content (AvgIpc) is 3.97. The van der Waals surface area contributed by atoms with Crippen molar-refractivity contribution in [2.24, 2.45) is 0 Å². The fraction of sp³-hybridized carbons (Fsp3) is 0. The van der Waals surface area contributed by atoms with Crippen LogP contribution < -0.4 is 9.80 Å². The van der Waals surface area contributed by atoms with Crippen molar-refractivity contribution in [3.8, 4) is 22.3 Å². The molecule has 66 heavy (non-hydrogen) atoms. The van der Waals surface area contributed by atoms with Crippen molar-refractivity contribution >= 4 is 99.5 Å². The van der Waals surface area contributed by atoms with Gasteiger partial charge in [0.15, 0.2) is 5.58 Å². The fourth-order valence-electron chi connectivity index (χ4n) is 10.0. The lowest BCUT2D eigenvalue weighted by atomic mass is 9.96. The molecule has 13 rings (SSSR count). The lowest BCUT2D eigenvalue weighted by Crippen LogP contribution is -2.11. The summed E-state index contributed by atoms with van der Waals surface area (Å²) in [4.78, 5) is 4.66. The molecule has 0 fully saturated rings. The number of nitrogens with zero attached hydrogens (tertiary/aromatic N) is 2. The second-order valence-electron chi connectivity index (χ2n) is 16.8. The number of benzene rings is 11. The molecule has 0 bridgehead atoms. The van der Waals surface area contributed by atoms with Crippen LogP contribution in [0, 0.1) is 0 Å². The topological polar surface area (TPSA) is 32.8 Å². The summed E-state index contributed by atoms with van der Waals surface area (Å²) in [6.07, 6.45) is 0. The monoisotopic (exact) mass is 844 g/mol. The molecule has 0 aliphatic rings. The Hall–Kier alpha value is -8.86. The predicted octanol–water partition coefficient (Wildman–Crippen LogP) is 18.1. The smallest absolute Gasteiger partial charge is 0.159 e. The van der Waals surface area contributed by atoms with Crippen molar-refractivity contribution in [2.75, 3.05) is 9.80 Å². The Morgan fingerprint density at radius 2 is 0.788 bits per heavy atom. The van der Waals surface area contributed by atoms with Gasteiger partial charge in [-0.3, -0.25) is 0 Å². The zero-order chi connectivity index (χ0) is 43.6. The van der Waals surface area contributed by atoms with E-state index in [0.717, 1.165) is 105 Å². The number of fused-ring (bicyclic) bond motifs is 11. The molecule has 0 spiro atoms. The molecule has 0 aliphatic heterocycles. The summed E-state index contributed by atoms with van der Waals surface area (Å²) in [5.41, 5.74) is 14.2. The van der Waals surface area contributed by atoms with Crippen LogP contribution in [-0.4, -0.2) is 0 Å². The van der Waals surface area contributed by atoms with E-state index in [1.165, 1.54) is 16.5 Å². The van der Waals surface area contributed by atoms with Gasteiger partial charge in [-0.25, -0.2) is 0 Å². The number of hydrogen-bond donors (Lipinski definition) is 0. The lowest BCUT2D eigenvalue weighted by molar-refractivity contribution is 0.668. The Balaban J connectivity index is 1.01. The summed E-state index contributed by atoms with van der Waals surface area (Å²) in [7, 11) is 0. The second-order valence-corrected chi connectivity index (χ2v) is 16.8. The van der Waals surface area contributed by atoms with Crippen molar-refractivity contribution in [3.05, 3.63) is 243 Å². The summed E-state index contributed by atoms with van der Waals surface area (Å²) in [6.45, 7) is 0. The van der Waals surface area contributed by atoms with Crippen molar-refractivity contribution in [1.82, 2.24) is 0 Å². The minimum absolute atomic E-state index is 0.813. The van der Waals surface area contributed by atoms with Crippen LogP contribution in [0.25, 0.3) is 87.7 Å². The molecule has 0 aliphatic carbocycles. The summed E-state index contributed by atoms with van der Waals surface area (Å²) >= 11 is 0. The Morgan fingerprint density at radius 3 is 1.58 bits per heavy atom. The first-order valence-electron chi connectivity index (χ1n) is 22.4. The Labute approximate surface area is 381 Å². The molecule has 2 aromatic heterocycles. The van der Waals surface area contributed by atoms with Crippen LogP contribution in [0.3, 0.4) is 0 Å². The first kappa shape index (κ1) is 37.7. The normalized spacial score (nSPS) is 11.6. The van der Waals surface area contributed by atoms with E-state index in [4.69, 9.17) is 8.83 Å². The van der Waals surface area contributed by atoms with Gasteiger partial charge in [0.25, 0.3) is 0 Å². The standard InChI is InChI=1S/C62H40N2O2/c1-4-17-41(18-5-1)42-31-33-45(34-32-42)63(44-21-8-3-9-22-44)46-35-37-53-55(39-46)49-24-10-11-26-51(49)60-54-38-36-47(40-59(54)66-62(53)60)64(56-28-14-12-23-48(56)43-19-6-2-7-20-43)57-29-16-27-52-50-25-13-15-30-58(50)65-61(52)57/h1-40H. The number of anilines is 6. The highest BCUT2D eigenvalue weighted by atomic mass is 16.3. The van der Waals surface area contributed by atoms with Gasteiger partial charge >= 0.3 is 0 Å². The maximum absolute atomic E-state index is 7.15. The summed E-state index contributed by atoms with van der Waals surface area (Å²) in [5.74, 6) is 0. The van der Waals surface area contributed by atoms with Gasteiger partial charge in [0, 0.05) is 55.6 Å². The predicted molar refractivity (Wildman–Crippen MR) is 276 cm³/mol. The van der Waals surface area contributed by atoms with Gasteiger partial charge in [0.2, 0.25) is 0 Å². The molecule has 0 saturated heterocycles. The highest BCUT2D eigenvalue weighted by Crippen LogP contribution is 2.48. The molecule has 0 unspecified atom stereocenters. The largest absolute Gasteiger partial charge is 0.455 e. The summed E-state index contributed by atoms with van der Waals surface area (Å²) < 4.78 is 13.9. The van der Waals surface area contributed by atoms with E-state index >= 15 is 0 Å². The van der Waals surface area contributed by atoms with E-state index < -0.39 is 0 Å². The lowest BCUT2D eigenvalue weighted by Gasteiger charge is -2.27. The maximum Gasteiger partial charge on any atom is 0.159 e. The van der Waals surface area contributed by atoms with Crippen LogP contribution in [0.1, 0.15) is 0 Å². The third-order valence-corrected chi connectivity index (χ3v) is 13.0. The van der Waals surface area contributed by atoms with Crippen molar-refractivity contribution in [1.29, 1.82) is 0 Å². The molecule has 11 aromatic carbocycles. The quantitative estimate of drug-likeness (QED) is 0.143. The maximum atomic E-state index is 7.15. The third-order valence-electron chi connectivity index (χ3n) is 13.0. The zero-order valence-electron chi connectivity index (χ0n) is 35.8. The molecule has 0 saturated carbocycles. The molecular formula is C62H40N2O2. The van der Waals surface area contributed by atoms with Gasteiger partial charge < -0.3 is 18.6 Å². The van der Waals surface area contributed by atoms with Crippen molar-refractivity contribution < 1.29 is 8.83 Å². The SMILES string of the molecule is c1ccc(-c2ccc(N(c3ccccc3)c3ccc4c(c3)c3ccccc3c3c5ccc(N(c6ccccc6-c6ccccc6)c6cccc7c6oc6ccccc67)cc5oc43)cc2)cc1. The number of rotatable bonds is 8. The minimum atomic E-state index is 0.813.